The maximum Gasteiger partial charge on any atom is 0.0462 e. The molecule has 0 saturated heterocycles. The van der Waals surface area contributed by atoms with Crippen molar-refractivity contribution in [3.05, 3.63) is 146 Å². The molecule has 76 heavy (non-hydrogen) atoms. The van der Waals surface area contributed by atoms with Crippen molar-refractivity contribution in [2.45, 2.75) is 227 Å². The number of hydrogen-bond donors (Lipinski definition) is 0. The molecule has 0 bridgehead atoms. The number of rotatable bonds is 15. The van der Waals surface area contributed by atoms with Crippen LogP contribution in [0.2, 0.25) is 0 Å². The largest absolute Gasteiger partial charge is 0.311 e. The highest BCUT2D eigenvalue weighted by Crippen LogP contribution is 2.58. The van der Waals surface area contributed by atoms with E-state index >= 15 is 0 Å². The fourth-order valence-corrected chi connectivity index (χ4v) is 27.2. The third kappa shape index (κ3) is 12.5. The van der Waals surface area contributed by atoms with Crippen LogP contribution in [0.3, 0.4) is 0 Å². The monoisotopic (exact) mass is 1060 g/mol. The van der Waals surface area contributed by atoms with E-state index in [0.29, 0.717) is 0 Å². The lowest BCUT2D eigenvalue weighted by molar-refractivity contribution is 0.487. The van der Waals surface area contributed by atoms with Crippen molar-refractivity contribution in [1.82, 2.24) is 0 Å². The van der Waals surface area contributed by atoms with Crippen LogP contribution < -0.4 is 20.8 Å². The van der Waals surface area contributed by atoms with Crippen molar-refractivity contribution in [3.8, 4) is 33.4 Å². The van der Waals surface area contributed by atoms with Gasteiger partial charge in [-0.1, -0.05) is 230 Å². The van der Waals surface area contributed by atoms with Crippen molar-refractivity contribution in [1.29, 1.82) is 0 Å². The molecule has 0 heterocycles. The SMILES string of the molecule is c1cc(-c2ccc(N(c3ccc(-c4cccc(P(C5CCCCC5)C5CCCCC5)c4)cc3)c3ccc(-c4cccc(P(C5CCCCC5)C5CCCCC5)c4)cc3)cc2)cc(P(C2CCCCC2)C2CCCCC2)c1. The van der Waals surface area contributed by atoms with E-state index in [0.717, 1.165) is 34.0 Å². The molecule has 6 fully saturated rings. The Morgan fingerprint density at radius 2 is 0.434 bits per heavy atom. The van der Waals surface area contributed by atoms with Crippen molar-refractivity contribution in [2.24, 2.45) is 0 Å². The minimum Gasteiger partial charge on any atom is -0.311 e. The van der Waals surface area contributed by atoms with E-state index in [4.69, 9.17) is 0 Å². The zero-order valence-electron chi connectivity index (χ0n) is 46.3. The number of benzene rings is 6. The van der Waals surface area contributed by atoms with Gasteiger partial charge in [0.1, 0.15) is 0 Å². The number of anilines is 3. The molecule has 0 N–H and O–H groups in total. The van der Waals surface area contributed by atoms with Crippen LogP contribution in [0, 0.1) is 0 Å². The maximum atomic E-state index is 2.63. The van der Waals surface area contributed by atoms with Gasteiger partial charge in [0.05, 0.1) is 0 Å². The molecular weight excluding hydrogens is 972 g/mol. The summed E-state index contributed by atoms with van der Waals surface area (Å²) in [4.78, 5) is 2.52. The molecule has 0 amide bonds. The second-order valence-electron chi connectivity index (χ2n) is 24.6. The molecule has 6 aliphatic rings. The van der Waals surface area contributed by atoms with Crippen LogP contribution in [0.5, 0.6) is 0 Å². The Hall–Kier alpha value is -3.59. The summed E-state index contributed by atoms with van der Waals surface area (Å²) in [6.07, 6.45) is 43.2. The first-order valence-electron chi connectivity index (χ1n) is 31.5. The van der Waals surface area contributed by atoms with Crippen LogP contribution in [0.1, 0.15) is 193 Å². The maximum absolute atomic E-state index is 2.63. The fraction of sp³-hybridized carbons (Fsp3) is 0.500. The molecule has 0 spiro atoms. The van der Waals surface area contributed by atoms with Crippen LogP contribution in [-0.4, -0.2) is 34.0 Å². The lowest BCUT2D eigenvalue weighted by Gasteiger charge is -2.39. The van der Waals surface area contributed by atoms with Crippen LogP contribution in [-0.2, 0) is 0 Å². The van der Waals surface area contributed by atoms with Gasteiger partial charge in [-0.3, -0.25) is 0 Å². The number of hydrogen-bond acceptors (Lipinski definition) is 1. The minimum atomic E-state index is -0.146. The molecule has 0 aliphatic heterocycles. The van der Waals surface area contributed by atoms with Crippen LogP contribution in [0.15, 0.2) is 146 Å². The minimum absolute atomic E-state index is 0.146. The van der Waals surface area contributed by atoms with Gasteiger partial charge in [-0.2, -0.15) is 0 Å². The van der Waals surface area contributed by atoms with Gasteiger partial charge in [0.25, 0.3) is 0 Å². The zero-order valence-corrected chi connectivity index (χ0v) is 49.0. The molecule has 0 aromatic heterocycles. The first-order valence-corrected chi connectivity index (χ1v) is 35.9. The van der Waals surface area contributed by atoms with Gasteiger partial charge in [0.15, 0.2) is 0 Å². The van der Waals surface area contributed by atoms with Gasteiger partial charge < -0.3 is 4.90 Å². The first kappa shape index (κ1) is 53.1. The highest BCUT2D eigenvalue weighted by atomic mass is 31.1. The molecule has 6 aromatic rings. The Morgan fingerprint density at radius 3 is 0.645 bits per heavy atom. The van der Waals surface area contributed by atoms with E-state index in [-0.39, 0.29) is 23.8 Å². The third-order valence-electron chi connectivity index (χ3n) is 19.6. The van der Waals surface area contributed by atoms with Gasteiger partial charge in [-0.25, -0.2) is 0 Å². The Labute approximate surface area is 464 Å². The summed E-state index contributed by atoms with van der Waals surface area (Å²) in [5, 5.41) is 5.02. The van der Waals surface area contributed by atoms with E-state index in [9.17, 15) is 0 Å². The van der Waals surface area contributed by atoms with E-state index in [1.54, 1.807) is 15.9 Å². The average Bonchev–Trinajstić information content (AvgIpc) is 3.50. The molecule has 1 nitrogen and oxygen atoms in total. The summed E-state index contributed by atoms with van der Waals surface area (Å²) >= 11 is 0. The predicted octanol–water partition coefficient (Wildman–Crippen LogP) is 21.5. The highest BCUT2D eigenvalue weighted by molar-refractivity contribution is 7.67. The first-order chi connectivity index (χ1) is 37.7. The van der Waals surface area contributed by atoms with Crippen LogP contribution >= 0.6 is 23.8 Å². The topological polar surface area (TPSA) is 3.24 Å². The summed E-state index contributed by atoms with van der Waals surface area (Å²) in [6.45, 7) is 0. The summed E-state index contributed by atoms with van der Waals surface area (Å²) in [5.41, 5.74) is 17.3. The van der Waals surface area contributed by atoms with Gasteiger partial charge in [-0.05, 0) is 215 Å². The Morgan fingerprint density at radius 1 is 0.224 bits per heavy atom. The van der Waals surface area contributed by atoms with Gasteiger partial charge in [-0.15, -0.1) is 0 Å². The Bertz CT molecular complexity index is 2370. The second kappa shape index (κ2) is 26.1. The molecule has 12 rings (SSSR count). The van der Waals surface area contributed by atoms with Crippen molar-refractivity contribution < 1.29 is 0 Å². The zero-order chi connectivity index (χ0) is 50.9. The average molecular weight is 1060 g/mol. The normalized spacial score (nSPS) is 20.4. The molecular formula is C72H90NP3. The molecule has 6 aromatic carbocycles. The third-order valence-corrected chi connectivity index (χ3v) is 30.1. The standard InChI is InChI=1S/C72H90NP3/c1-7-25-64(26-8-1)74(65-27-9-2-10-28-65)70-37-19-22-58(52-70)55-40-46-61(47-41-55)73(62-48-42-56(43-49-62)59-23-20-38-71(53-59)75(66-29-11-3-12-30-66)67-31-13-4-14-32-67)63-50-44-57(45-51-63)60-24-21-39-72(54-60)76(68-33-15-5-16-34-68)69-35-17-6-18-36-69/h19-24,37-54,64-69H,1-18,25-36H2. The Kier molecular flexibility index (Phi) is 18.2. The smallest absolute Gasteiger partial charge is 0.0462 e. The molecule has 0 radical (unpaired) electrons. The summed E-state index contributed by atoms with van der Waals surface area (Å²) in [5.74, 6) is 0. The van der Waals surface area contributed by atoms with E-state index in [2.05, 4.69) is 150 Å². The summed E-state index contributed by atoms with van der Waals surface area (Å²) < 4.78 is 0. The predicted molar refractivity (Wildman–Crippen MR) is 338 cm³/mol. The van der Waals surface area contributed by atoms with E-state index < -0.39 is 0 Å². The van der Waals surface area contributed by atoms with E-state index in [1.807, 2.05) is 0 Å². The quantitative estimate of drug-likeness (QED) is 0.0927. The fourth-order valence-electron chi connectivity index (χ4n) is 15.7. The summed E-state index contributed by atoms with van der Waals surface area (Å²) in [7, 11) is -0.438. The lowest BCUT2D eigenvalue weighted by Crippen LogP contribution is -2.26. The van der Waals surface area contributed by atoms with Crippen molar-refractivity contribution in [2.75, 3.05) is 4.90 Å². The molecule has 0 atom stereocenters. The van der Waals surface area contributed by atoms with Gasteiger partial charge in [0, 0.05) is 17.1 Å². The molecule has 398 valence electrons. The lowest BCUT2D eigenvalue weighted by atomic mass is 9.99. The Balaban J connectivity index is 0.860. The summed E-state index contributed by atoms with van der Waals surface area (Å²) in [6, 6.07) is 58.7. The molecule has 6 saturated carbocycles. The van der Waals surface area contributed by atoms with E-state index in [1.165, 1.54) is 243 Å². The highest BCUT2D eigenvalue weighted by Gasteiger charge is 2.35. The molecule has 4 heteroatoms. The number of nitrogens with zero attached hydrogens (tertiary/aromatic N) is 1. The second-order valence-corrected chi connectivity index (χ2v) is 33.0. The van der Waals surface area contributed by atoms with Gasteiger partial charge in [0.2, 0.25) is 0 Å². The van der Waals surface area contributed by atoms with Crippen LogP contribution in [0.25, 0.3) is 33.4 Å². The van der Waals surface area contributed by atoms with Crippen molar-refractivity contribution >= 4 is 56.7 Å². The van der Waals surface area contributed by atoms with Crippen LogP contribution in [0.4, 0.5) is 17.1 Å². The van der Waals surface area contributed by atoms with Gasteiger partial charge >= 0.3 is 0 Å². The molecule has 0 unspecified atom stereocenters. The molecule has 6 aliphatic carbocycles. The van der Waals surface area contributed by atoms with Crippen molar-refractivity contribution in [3.63, 3.8) is 0 Å².